The van der Waals surface area contributed by atoms with E-state index < -0.39 is 49.4 Å². The summed E-state index contributed by atoms with van der Waals surface area (Å²) in [5.41, 5.74) is -0.249. The van der Waals surface area contributed by atoms with Crippen molar-refractivity contribution >= 4 is 56.3 Å². The zero-order valence-corrected chi connectivity index (χ0v) is 17.3. The van der Waals surface area contributed by atoms with Crippen LogP contribution in [-0.2, 0) is 10.0 Å². The Morgan fingerprint density at radius 1 is 1.21 bits per heavy atom. The van der Waals surface area contributed by atoms with Crippen molar-refractivity contribution in [3.8, 4) is 0 Å². The molecule has 1 fully saturated rings. The molecule has 1 aromatic heterocycles. The highest BCUT2D eigenvalue weighted by atomic mass is 35.5. The molecule has 1 saturated heterocycles. The van der Waals surface area contributed by atoms with Crippen molar-refractivity contribution in [3.63, 3.8) is 0 Å². The van der Waals surface area contributed by atoms with Crippen molar-refractivity contribution in [1.29, 1.82) is 0 Å². The van der Waals surface area contributed by atoms with Crippen LogP contribution in [-0.4, -0.2) is 31.1 Å². The molecular weight excluding hydrogens is 483 g/mol. The summed E-state index contributed by atoms with van der Waals surface area (Å²) in [7, 11) is -4.28. The number of alkyl halides is 3. The van der Waals surface area contributed by atoms with Gasteiger partial charge in [0.1, 0.15) is 9.46 Å². The number of halogens is 6. The van der Waals surface area contributed by atoms with Crippen LogP contribution in [0.25, 0.3) is 0 Å². The van der Waals surface area contributed by atoms with E-state index in [9.17, 15) is 35.2 Å². The molecule has 0 radical (unpaired) electrons. The van der Waals surface area contributed by atoms with Crippen molar-refractivity contribution < 1.29 is 35.2 Å². The summed E-state index contributed by atoms with van der Waals surface area (Å²) < 4.78 is 90.5. The summed E-state index contributed by atoms with van der Waals surface area (Å²) >= 11 is 6.61. The van der Waals surface area contributed by atoms with E-state index in [2.05, 4.69) is 5.32 Å². The smallest absolute Gasteiger partial charge is 0.322 e. The average molecular weight is 493 g/mol. The van der Waals surface area contributed by atoms with Crippen molar-refractivity contribution in [2.24, 2.45) is 0 Å². The minimum absolute atomic E-state index is 0.0907. The Hall–Kier alpha value is -1.41. The highest BCUT2D eigenvalue weighted by Gasteiger charge is 2.58. The number of carbonyl (C=O) groups is 1. The van der Waals surface area contributed by atoms with E-state index in [-0.39, 0.29) is 20.3 Å². The molecule has 29 heavy (non-hydrogen) atoms. The number of hydrogen-bond donors (Lipinski definition) is 2. The van der Waals surface area contributed by atoms with Gasteiger partial charge >= 0.3 is 6.18 Å². The summed E-state index contributed by atoms with van der Waals surface area (Å²) in [5.74, 6) is -3.40. The van der Waals surface area contributed by atoms with Gasteiger partial charge in [0.2, 0.25) is 0 Å². The fourth-order valence-corrected chi connectivity index (χ4v) is 6.33. The van der Waals surface area contributed by atoms with Crippen LogP contribution in [0.4, 0.5) is 27.6 Å². The number of amides is 1. The molecule has 2 heterocycles. The molecule has 2 atom stereocenters. The van der Waals surface area contributed by atoms with Gasteiger partial charge in [0.05, 0.1) is 16.0 Å². The largest absolute Gasteiger partial charge is 0.402 e. The molecule has 5 nitrogen and oxygen atoms in total. The Bertz CT molecular complexity index is 1060. The standard InChI is InChI=1S/C15H10ClF5N2O3S3/c1-5-7(13(24)22-6-2-8(16)11(18)9(17)3-6)4-10(27-5)29(25,26)23-14-12(28-14)15(19,20)21/h2-4,12,14,23H,1H3,(H,22,24). The summed E-state index contributed by atoms with van der Waals surface area (Å²) in [6.45, 7) is 1.43. The maximum atomic E-state index is 13.4. The van der Waals surface area contributed by atoms with E-state index in [1.807, 2.05) is 4.72 Å². The van der Waals surface area contributed by atoms with Crippen LogP contribution in [0.3, 0.4) is 0 Å². The third-order valence-electron chi connectivity index (χ3n) is 3.73. The molecule has 2 unspecified atom stereocenters. The Morgan fingerprint density at radius 3 is 2.41 bits per heavy atom. The maximum Gasteiger partial charge on any atom is 0.402 e. The number of sulfonamides is 1. The van der Waals surface area contributed by atoms with Gasteiger partial charge in [-0.1, -0.05) is 11.6 Å². The molecule has 0 aliphatic carbocycles. The van der Waals surface area contributed by atoms with Crippen LogP contribution in [0.15, 0.2) is 22.4 Å². The zero-order chi connectivity index (χ0) is 21.7. The lowest BCUT2D eigenvalue weighted by atomic mass is 10.2. The SMILES string of the molecule is Cc1sc(S(=O)(=O)NC2SC2C(F)(F)F)cc1C(=O)Nc1cc(F)c(F)c(Cl)c1. The second-order valence-electron chi connectivity index (χ2n) is 5.88. The molecule has 3 rings (SSSR count). The number of hydrogen-bond acceptors (Lipinski definition) is 5. The van der Waals surface area contributed by atoms with E-state index in [0.717, 1.165) is 12.1 Å². The van der Waals surface area contributed by atoms with Gasteiger partial charge < -0.3 is 5.32 Å². The lowest BCUT2D eigenvalue weighted by Gasteiger charge is -2.06. The summed E-state index contributed by atoms with van der Waals surface area (Å²) in [6, 6.07) is 2.66. The number of benzene rings is 1. The quantitative estimate of drug-likeness (QED) is 0.365. The van der Waals surface area contributed by atoms with Crippen molar-refractivity contribution in [3.05, 3.63) is 45.3 Å². The number of nitrogens with one attached hydrogen (secondary N) is 2. The maximum absolute atomic E-state index is 13.4. The van der Waals surface area contributed by atoms with Gasteiger partial charge in [0.25, 0.3) is 15.9 Å². The second kappa shape index (κ2) is 7.69. The van der Waals surface area contributed by atoms with Crippen molar-refractivity contribution in [1.82, 2.24) is 4.72 Å². The van der Waals surface area contributed by atoms with Gasteiger partial charge in [0.15, 0.2) is 11.6 Å². The van der Waals surface area contributed by atoms with Crippen LogP contribution in [0.1, 0.15) is 15.2 Å². The van der Waals surface area contributed by atoms with E-state index in [1.54, 1.807) is 0 Å². The third-order valence-corrected chi connectivity index (χ3v) is 8.32. The number of aryl methyl sites for hydroxylation is 1. The Morgan fingerprint density at radius 2 is 1.86 bits per heavy atom. The highest BCUT2D eigenvalue weighted by molar-refractivity contribution is 8.08. The number of rotatable bonds is 5. The summed E-state index contributed by atoms with van der Waals surface area (Å²) in [4.78, 5) is 12.6. The van der Waals surface area contributed by atoms with Gasteiger partial charge in [-0.25, -0.2) is 17.2 Å². The molecule has 0 bridgehead atoms. The monoisotopic (exact) mass is 492 g/mol. The van der Waals surface area contributed by atoms with Crippen LogP contribution in [0.5, 0.6) is 0 Å². The van der Waals surface area contributed by atoms with Crippen LogP contribution in [0, 0.1) is 18.6 Å². The first-order chi connectivity index (χ1) is 13.3. The number of thioether (sulfide) groups is 1. The molecular formula is C15H10ClF5N2O3S3. The minimum Gasteiger partial charge on any atom is -0.322 e. The first-order valence-corrected chi connectivity index (χ1v) is 11.2. The van der Waals surface area contributed by atoms with E-state index >= 15 is 0 Å². The van der Waals surface area contributed by atoms with Gasteiger partial charge in [-0.3, -0.25) is 4.79 Å². The number of thiophene rings is 1. The molecule has 1 aliphatic heterocycles. The topological polar surface area (TPSA) is 75.3 Å². The lowest BCUT2D eigenvalue weighted by molar-refractivity contribution is -0.122. The third kappa shape index (κ3) is 4.85. The highest BCUT2D eigenvalue weighted by Crippen LogP contribution is 2.50. The Balaban J connectivity index is 1.77. The molecule has 14 heteroatoms. The first-order valence-electron chi connectivity index (χ1n) is 7.60. The zero-order valence-electron chi connectivity index (χ0n) is 14.1. The fraction of sp³-hybridized carbons (Fsp3) is 0.267. The normalized spacial score (nSPS) is 19.3. The van der Waals surface area contributed by atoms with E-state index in [4.69, 9.17) is 11.6 Å². The minimum atomic E-state index is -4.53. The molecule has 1 aromatic carbocycles. The Labute approximate surface area is 174 Å². The molecule has 2 N–H and O–H groups in total. The average Bonchev–Trinajstić information content (AvgIpc) is 3.23. The molecule has 0 saturated carbocycles. The molecule has 158 valence electrons. The summed E-state index contributed by atoms with van der Waals surface area (Å²) in [6.07, 6.45) is -4.53. The first kappa shape index (κ1) is 22.3. The molecule has 1 aliphatic rings. The van der Waals surface area contributed by atoms with Crippen LogP contribution >= 0.6 is 34.7 Å². The predicted octanol–water partition coefficient (Wildman–Crippen LogP) is 4.52. The van der Waals surface area contributed by atoms with Gasteiger partial charge in [-0.05, 0) is 19.1 Å². The van der Waals surface area contributed by atoms with Crippen LogP contribution < -0.4 is 10.0 Å². The lowest BCUT2D eigenvalue weighted by Crippen LogP contribution is -2.31. The van der Waals surface area contributed by atoms with E-state index in [0.29, 0.717) is 29.2 Å². The predicted molar refractivity (Wildman–Crippen MR) is 99.9 cm³/mol. The molecule has 1 amide bonds. The van der Waals surface area contributed by atoms with Crippen molar-refractivity contribution in [2.45, 2.75) is 27.9 Å². The Kier molecular flexibility index (Phi) is 5.91. The fourth-order valence-electron chi connectivity index (χ4n) is 2.30. The number of anilines is 1. The second-order valence-corrected chi connectivity index (χ2v) is 10.8. The van der Waals surface area contributed by atoms with Crippen LogP contribution in [0.2, 0.25) is 5.02 Å². The molecule has 0 spiro atoms. The number of carbonyl (C=O) groups excluding carboxylic acids is 1. The summed E-state index contributed by atoms with van der Waals surface area (Å²) in [5, 5.41) is -1.45. The van der Waals surface area contributed by atoms with E-state index in [1.165, 1.54) is 6.92 Å². The van der Waals surface area contributed by atoms with Gasteiger partial charge in [-0.2, -0.15) is 17.9 Å². The van der Waals surface area contributed by atoms with Gasteiger partial charge in [0, 0.05) is 16.6 Å². The van der Waals surface area contributed by atoms with Gasteiger partial charge in [-0.15, -0.1) is 23.1 Å². The van der Waals surface area contributed by atoms with Crippen molar-refractivity contribution in [2.75, 3.05) is 5.32 Å². The molecule has 2 aromatic rings.